The van der Waals surface area contributed by atoms with E-state index in [9.17, 15) is 0 Å². The van der Waals surface area contributed by atoms with Crippen LogP contribution >= 0.6 is 0 Å². The average Bonchev–Trinajstić information content (AvgIpc) is 3.79. The molecule has 4 aromatic heterocycles. The molecule has 0 N–H and O–H groups in total. The van der Waals surface area contributed by atoms with E-state index in [0.29, 0.717) is 5.82 Å². The normalized spacial score (nSPS) is 12.4. The first-order valence-electron chi connectivity index (χ1n) is 17.4. The van der Waals surface area contributed by atoms with Crippen molar-refractivity contribution in [3.8, 4) is 17.2 Å². The van der Waals surface area contributed by atoms with Crippen molar-refractivity contribution < 1.29 is 0 Å². The fourth-order valence-electron chi connectivity index (χ4n) is 8.60. The van der Waals surface area contributed by atoms with Gasteiger partial charge in [-0.1, -0.05) is 116 Å². The van der Waals surface area contributed by atoms with Gasteiger partial charge in [0.15, 0.2) is 5.82 Å². The van der Waals surface area contributed by atoms with E-state index in [0.717, 1.165) is 44.4 Å². The minimum Gasteiger partial charge on any atom is -0.308 e. The Bertz CT molecular complexity index is 3280. The molecule has 0 aliphatic rings. The lowest BCUT2D eigenvalue weighted by molar-refractivity contribution is 1.08. The molecule has 0 spiro atoms. The summed E-state index contributed by atoms with van der Waals surface area (Å²) < 4.78 is 4.81. The summed E-state index contributed by atoms with van der Waals surface area (Å²) in [5.74, 6) is 1.58. The van der Waals surface area contributed by atoms with Gasteiger partial charge < -0.3 is 4.40 Å². The molecule has 0 aliphatic carbocycles. The fourth-order valence-corrected chi connectivity index (χ4v) is 8.60. The topological polar surface area (TPSA) is 35.1 Å². The second-order valence-corrected chi connectivity index (χ2v) is 13.4. The predicted octanol–water partition coefficient (Wildman–Crippen LogP) is 12.4. The van der Waals surface area contributed by atoms with Crippen molar-refractivity contribution in [3.05, 3.63) is 157 Å². The van der Waals surface area contributed by atoms with Gasteiger partial charge in [-0.2, -0.15) is 0 Å². The summed E-state index contributed by atoms with van der Waals surface area (Å²) in [4.78, 5) is 10.7. The quantitative estimate of drug-likeness (QED) is 0.190. The van der Waals surface area contributed by atoms with Crippen LogP contribution in [0.5, 0.6) is 0 Å². The van der Waals surface area contributed by atoms with Crippen molar-refractivity contribution in [3.63, 3.8) is 0 Å². The number of hydrogen-bond donors (Lipinski definition) is 0. The van der Waals surface area contributed by atoms with Crippen molar-refractivity contribution in [2.45, 2.75) is 6.92 Å². The summed E-state index contributed by atoms with van der Waals surface area (Å²) >= 11 is 0. The number of fused-ring (bicyclic) bond motifs is 10. The van der Waals surface area contributed by atoms with E-state index in [1.807, 2.05) is 6.08 Å². The SMILES string of the molecule is C=Cc1c(/C=C\C)c2cc3c(c4cc5ccccc5cc4n3-c3nc(-c4cccc5ccccc45)nc4ccccc34)c3c4ccccc4n1c23. The van der Waals surface area contributed by atoms with Crippen molar-refractivity contribution in [1.29, 1.82) is 0 Å². The van der Waals surface area contributed by atoms with Gasteiger partial charge in [-0.15, -0.1) is 0 Å². The summed E-state index contributed by atoms with van der Waals surface area (Å²) in [6.07, 6.45) is 6.35. The maximum Gasteiger partial charge on any atom is 0.162 e. The molecule has 11 rings (SSSR count). The summed E-state index contributed by atoms with van der Waals surface area (Å²) in [5.41, 5.74) is 8.85. The second kappa shape index (κ2) is 10.4. The van der Waals surface area contributed by atoms with Gasteiger partial charge in [0.05, 0.1) is 33.3 Å². The van der Waals surface area contributed by atoms with Crippen molar-refractivity contribution in [1.82, 2.24) is 18.9 Å². The second-order valence-electron chi connectivity index (χ2n) is 13.4. The Hall–Kier alpha value is -6.78. The van der Waals surface area contributed by atoms with E-state index in [2.05, 4.69) is 168 Å². The molecule has 0 fully saturated rings. The molecule has 0 radical (unpaired) electrons. The van der Waals surface area contributed by atoms with Crippen LogP contribution in [0.25, 0.3) is 111 Å². The smallest absolute Gasteiger partial charge is 0.162 e. The van der Waals surface area contributed by atoms with Crippen LogP contribution in [0, 0.1) is 0 Å². The summed E-state index contributed by atoms with van der Waals surface area (Å²) in [6, 6.07) is 47.8. The van der Waals surface area contributed by atoms with Crippen molar-refractivity contribution in [2.24, 2.45) is 0 Å². The zero-order valence-electron chi connectivity index (χ0n) is 27.9. The minimum atomic E-state index is 0.710. The number of para-hydroxylation sites is 2. The summed E-state index contributed by atoms with van der Waals surface area (Å²) in [6.45, 7) is 6.38. The van der Waals surface area contributed by atoms with E-state index in [1.54, 1.807) is 0 Å². The number of rotatable bonds is 4. The highest BCUT2D eigenvalue weighted by Gasteiger charge is 2.26. The Balaban J connectivity index is 1.40. The van der Waals surface area contributed by atoms with E-state index in [-0.39, 0.29) is 0 Å². The number of aromatic nitrogens is 4. The predicted molar refractivity (Wildman–Crippen MR) is 216 cm³/mol. The number of hydrogen-bond acceptors (Lipinski definition) is 2. The number of allylic oxidation sites excluding steroid dienone is 1. The third-order valence-electron chi connectivity index (χ3n) is 10.7. The lowest BCUT2D eigenvalue weighted by Gasteiger charge is -2.14. The standard InChI is InChI=1S/C47H30N4/c1-3-14-32-36-27-42-43(44-35-21-10-12-24-40(35)50(45(36)44)39(32)4-2)37-25-29-16-5-6-17-30(29)26-41(37)51(42)47-34-20-9-11-23-38(34)48-46(49-47)33-22-13-18-28-15-7-8-19-31(28)33/h3-27H,2H2,1H3/b14-3-. The number of nitrogens with zero attached hydrogens (tertiary/aromatic N) is 4. The lowest BCUT2D eigenvalue weighted by Crippen LogP contribution is -2.03. The largest absolute Gasteiger partial charge is 0.308 e. The van der Waals surface area contributed by atoms with Crippen molar-refractivity contribution in [2.75, 3.05) is 0 Å². The first-order valence-corrected chi connectivity index (χ1v) is 17.4. The third kappa shape index (κ3) is 3.73. The van der Waals surface area contributed by atoms with Gasteiger partial charge >= 0.3 is 0 Å². The van der Waals surface area contributed by atoms with Crippen LogP contribution < -0.4 is 0 Å². The van der Waals surface area contributed by atoms with Gasteiger partial charge in [0.2, 0.25) is 0 Å². The molecule has 0 saturated heterocycles. The van der Waals surface area contributed by atoms with Gasteiger partial charge in [0, 0.05) is 43.4 Å². The Labute approximate surface area is 293 Å². The minimum absolute atomic E-state index is 0.710. The highest BCUT2D eigenvalue weighted by Crippen LogP contribution is 2.47. The van der Waals surface area contributed by atoms with E-state index in [4.69, 9.17) is 9.97 Å². The molecule has 0 bridgehead atoms. The average molecular weight is 651 g/mol. The van der Waals surface area contributed by atoms with Gasteiger partial charge in [-0.05, 0) is 70.9 Å². The molecule has 7 aromatic carbocycles. The van der Waals surface area contributed by atoms with Gasteiger partial charge in [0.25, 0.3) is 0 Å². The molecule has 4 nitrogen and oxygen atoms in total. The maximum absolute atomic E-state index is 5.53. The molecule has 4 heteroatoms. The zero-order valence-corrected chi connectivity index (χ0v) is 27.9. The molecule has 238 valence electrons. The van der Waals surface area contributed by atoms with Crippen LogP contribution in [-0.2, 0) is 0 Å². The Morgan fingerprint density at radius 1 is 0.569 bits per heavy atom. The van der Waals surface area contributed by atoms with Crippen molar-refractivity contribution >= 4 is 93.6 Å². The molecule has 11 aromatic rings. The molecule has 51 heavy (non-hydrogen) atoms. The maximum atomic E-state index is 5.53. The molecule has 0 aliphatic heterocycles. The van der Waals surface area contributed by atoms with Gasteiger partial charge in [-0.25, -0.2) is 9.97 Å². The van der Waals surface area contributed by atoms with Crippen LogP contribution in [0.2, 0.25) is 0 Å². The third-order valence-corrected chi connectivity index (χ3v) is 10.7. The zero-order chi connectivity index (χ0) is 33.8. The summed E-state index contributed by atoms with van der Waals surface area (Å²) in [5, 5.41) is 11.8. The lowest BCUT2D eigenvalue weighted by atomic mass is 10.00. The van der Waals surface area contributed by atoms with Crippen LogP contribution in [0.4, 0.5) is 0 Å². The molecule has 0 unspecified atom stereocenters. The van der Waals surface area contributed by atoms with Crippen LogP contribution in [0.3, 0.4) is 0 Å². The highest BCUT2D eigenvalue weighted by molar-refractivity contribution is 6.34. The van der Waals surface area contributed by atoms with E-state index in [1.165, 1.54) is 59.7 Å². The molecule has 0 amide bonds. The summed E-state index contributed by atoms with van der Waals surface area (Å²) in [7, 11) is 0. The molecular formula is C47H30N4. The van der Waals surface area contributed by atoms with Gasteiger partial charge in [-0.3, -0.25) is 4.57 Å². The molecule has 0 saturated carbocycles. The fraction of sp³-hybridized carbons (Fsp3) is 0.0213. The first-order chi connectivity index (χ1) is 25.2. The Morgan fingerprint density at radius 3 is 2.10 bits per heavy atom. The Morgan fingerprint density at radius 2 is 1.27 bits per heavy atom. The molecular weight excluding hydrogens is 621 g/mol. The van der Waals surface area contributed by atoms with Crippen LogP contribution in [0.15, 0.2) is 146 Å². The van der Waals surface area contributed by atoms with E-state index < -0.39 is 0 Å². The molecule has 0 atom stereocenters. The Kier molecular flexibility index (Phi) is 5.71. The number of benzene rings is 7. The monoisotopic (exact) mass is 650 g/mol. The van der Waals surface area contributed by atoms with Gasteiger partial charge in [0.1, 0.15) is 5.82 Å². The van der Waals surface area contributed by atoms with Crippen LogP contribution in [-0.4, -0.2) is 18.9 Å². The first kappa shape index (κ1) is 28.1. The van der Waals surface area contributed by atoms with Crippen LogP contribution in [0.1, 0.15) is 18.2 Å². The molecule has 4 heterocycles. The highest BCUT2D eigenvalue weighted by atomic mass is 15.1. The van der Waals surface area contributed by atoms with E-state index >= 15 is 0 Å².